The quantitative estimate of drug-likeness (QED) is 0.802. The van der Waals surface area contributed by atoms with Gasteiger partial charge in [0, 0.05) is 12.0 Å². The average molecular weight is 286 g/mol. The van der Waals surface area contributed by atoms with Crippen molar-refractivity contribution < 1.29 is 22.4 Å². The zero-order chi connectivity index (χ0) is 13.7. The largest absolute Gasteiger partial charge is 0.429 e. The van der Waals surface area contributed by atoms with Gasteiger partial charge in [-0.3, -0.25) is 0 Å². The summed E-state index contributed by atoms with van der Waals surface area (Å²) in [4.78, 5) is 10.3. The monoisotopic (exact) mass is 286 g/mol. The van der Waals surface area contributed by atoms with Gasteiger partial charge in [0.25, 0.3) is 0 Å². The van der Waals surface area contributed by atoms with Gasteiger partial charge in [-0.1, -0.05) is 6.92 Å². The molecule has 3 atom stereocenters. The van der Waals surface area contributed by atoms with Gasteiger partial charge in [0.15, 0.2) is 8.32 Å². The summed E-state index contributed by atoms with van der Waals surface area (Å²) in [5, 5.41) is -0.868. The number of hydrogen-bond acceptors (Lipinski definition) is 2. The summed E-state index contributed by atoms with van der Waals surface area (Å²) in [6.45, 7) is 9.22. The number of halogens is 3. The van der Waals surface area contributed by atoms with E-state index in [-0.39, 0.29) is 0 Å². The van der Waals surface area contributed by atoms with E-state index in [1.165, 1.54) is 0 Å². The van der Waals surface area contributed by atoms with Crippen molar-refractivity contribution in [1.82, 2.24) is 0 Å². The molecule has 1 saturated heterocycles. The first-order valence-corrected chi connectivity index (χ1v) is 11.8. The molecular formula is C10H21F3O2Si2. The Balaban J connectivity index is 2.88. The third kappa shape index (κ3) is 2.94. The molecule has 0 radical (unpaired) electrons. The molecule has 1 heterocycles. The van der Waals surface area contributed by atoms with Crippen LogP contribution in [-0.2, 0) is 4.43 Å². The van der Waals surface area contributed by atoms with Crippen LogP contribution in [-0.4, -0.2) is 32.8 Å². The molecule has 2 unspecified atom stereocenters. The van der Waals surface area contributed by atoms with Gasteiger partial charge in [-0.2, -0.15) is 13.2 Å². The summed E-state index contributed by atoms with van der Waals surface area (Å²) in [6.07, 6.45) is -4.66. The highest BCUT2D eigenvalue weighted by molar-refractivity contribution is 6.88. The molecule has 0 aromatic carbocycles. The van der Waals surface area contributed by atoms with Crippen LogP contribution in [0.5, 0.6) is 0 Å². The Hall–Kier alpha value is 0.144. The molecule has 1 N–H and O–H groups in total. The minimum atomic E-state index is -4.22. The van der Waals surface area contributed by atoms with Gasteiger partial charge < -0.3 is 9.22 Å². The minimum absolute atomic E-state index is 0.469. The van der Waals surface area contributed by atoms with Crippen molar-refractivity contribution in [2.75, 3.05) is 0 Å². The van der Waals surface area contributed by atoms with Crippen LogP contribution in [0, 0.1) is 0 Å². The van der Waals surface area contributed by atoms with Crippen molar-refractivity contribution in [3.63, 3.8) is 0 Å². The van der Waals surface area contributed by atoms with Crippen molar-refractivity contribution >= 4 is 16.6 Å². The van der Waals surface area contributed by atoms with E-state index in [4.69, 9.17) is 4.43 Å². The van der Waals surface area contributed by atoms with E-state index in [9.17, 15) is 18.0 Å². The second kappa shape index (κ2) is 4.07. The molecule has 0 bridgehead atoms. The Bertz CT molecular complexity index is 299. The van der Waals surface area contributed by atoms with Gasteiger partial charge in [-0.25, -0.2) is 0 Å². The standard InChI is InChI=1S/C10H21F3O2Si2/c1-6-9(15-16(2,3)4)8(17(9,5)14)7-10(11,12)13/h8,14H,6-7H2,1-5H3/t8?,9?,17-/m1/s1. The normalized spacial score (nSPS) is 38.3. The summed E-state index contributed by atoms with van der Waals surface area (Å²) in [5.74, 6) is 0. The van der Waals surface area contributed by atoms with Gasteiger partial charge in [-0.05, 0) is 32.6 Å². The van der Waals surface area contributed by atoms with Crippen LogP contribution in [0.1, 0.15) is 19.8 Å². The lowest BCUT2D eigenvalue weighted by atomic mass is 10.1. The molecule has 0 aromatic rings. The van der Waals surface area contributed by atoms with Gasteiger partial charge in [-0.15, -0.1) is 0 Å². The van der Waals surface area contributed by atoms with E-state index >= 15 is 0 Å². The average Bonchev–Trinajstić information content (AvgIpc) is 2.46. The maximum Gasteiger partial charge on any atom is 0.389 e. The molecule has 1 fully saturated rings. The second-order valence-corrected chi connectivity index (χ2v) is 14.2. The van der Waals surface area contributed by atoms with Crippen LogP contribution in [0.25, 0.3) is 0 Å². The zero-order valence-electron chi connectivity index (χ0n) is 11.0. The molecule has 2 nitrogen and oxygen atoms in total. The van der Waals surface area contributed by atoms with E-state index in [0.29, 0.717) is 6.42 Å². The predicted octanol–water partition coefficient (Wildman–Crippen LogP) is 3.43. The summed E-state index contributed by atoms with van der Waals surface area (Å²) in [6, 6.07) is 0. The molecule has 102 valence electrons. The Morgan fingerprint density at radius 1 is 1.35 bits per heavy atom. The van der Waals surface area contributed by atoms with E-state index in [0.717, 1.165) is 0 Å². The summed E-state index contributed by atoms with van der Waals surface area (Å²) in [7, 11) is -4.85. The highest BCUT2D eigenvalue weighted by Crippen LogP contribution is 2.64. The van der Waals surface area contributed by atoms with E-state index < -0.39 is 40.0 Å². The van der Waals surface area contributed by atoms with Gasteiger partial charge in [0.05, 0.1) is 5.22 Å². The maximum absolute atomic E-state index is 12.5. The van der Waals surface area contributed by atoms with Crippen molar-refractivity contribution in [3.8, 4) is 0 Å². The highest BCUT2D eigenvalue weighted by atomic mass is 28.4. The van der Waals surface area contributed by atoms with Crippen LogP contribution in [0.4, 0.5) is 13.2 Å². The van der Waals surface area contributed by atoms with Crippen LogP contribution in [0.2, 0.25) is 31.7 Å². The first kappa shape index (κ1) is 15.2. The van der Waals surface area contributed by atoms with E-state index in [2.05, 4.69) is 0 Å². The summed E-state index contributed by atoms with van der Waals surface area (Å²) < 4.78 is 43.3. The number of hydrogen-bond donors (Lipinski definition) is 1. The first-order valence-electron chi connectivity index (χ1n) is 5.85. The van der Waals surface area contributed by atoms with Crippen molar-refractivity contribution in [2.24, 2.45) is 0 Å². The Labute approximate surface area is 102 Å². The lowest BCUT2D eigenvalue weighted by molar-refractivity contribution is -0.136. The van der Waals surface area contributed by atoms with E-state index in [1.807, 2.05) is 19.6 Å². The lowest BCUT2D eigenvalue weighted by Crippen LogP contribution is -2.40. The molecule has 1 aliphatic heterocycles. The van der Waals surface area contributed by atoms with Crippen LogP contribution >= 0.6 is 0 Å². The van der Waals surface area contributed by atoms with Crippen LogP contribution in [0.3, 0.4) is 0 Å². The first-order chi connectivity index (χ1) is 7.36. The molecule has 0 saturated carbocycles. The number of alkyl halides is 3. The molecule has 0 aromatic heterocycles. The molecule has 0 aliphatic carbocycles. The summed E-state index contributed by atoms with van der Waals surface area (Å²) >= 11 is 0. The molecule has 0 spiro atoms. The zero-order valence-corrected chi connectivity index (χ0v) is 13.0. The maximum atomic E-state index is 12.5. The number of rotatable bonds is 4. The third-order valence-corrected chi connectivity index (χ3v) is 8.88. The Morgan fingerprint density at radius 3 is 2.12 bits per heavy atom. The summed E-state index contributed by atoms with van der Waals surface area (Å²) in [5.41, 5.74) is -0.702. The molecule has 0 amide bonds. The van der Waals surface area contributed by atoms with Gasteiger partial charge in [0.1, 0.15) is 0 Å². The molecule has 1 rings (SSSR count). The molecule has 7 heteroatoms. The fraction of sp³-hybridized carbons (Fsp3) is 1.00. The fourth-order valence-electron chi connectivity index (χ4n) is 2.73. The van der Waals surface area contributed by atoms with Crippen molar-refractivity contribution in [2.45, 2.75) is 62.9 Å². The van der Waals surface area contributed by atoms with Crippen LogP contribution in [0.15, 0.2) is 0 Å². The van der Waals surface area contributed by atoms with Crippen LogP contribution < -0.4 is 0 Å². The van der Waals surface area contributed by atoms with Crippen molar-refractivity contribution in [3.05, 3.63) is 0 Å². The highest BCUT2D eigenvalue weighted by Gasteiger charge is 2.78. The third-order valence-electron chi connectivity index (χ3n) is 3.46. The lowest BCUT2D eigenvalue weighted by Gasteiger charge is -2.28. The SMILES string of the molecule is CCC1(O[Si](C)(C)C)C(CC(F)(F)F)[Si@@]1(C)O. The molecular weight excluding hydrogens is 265 g/mol. The molecule has 17 heavy (non-hydrogen) atoms. The Morgan fingerprint density at radius 2 is 1.82 bits per heavy atom. The topological polar surface area (TPSA) is 29.5 Å². The fourth-order valence-corrected chi connectivity index (χ4v) is 9.79. The predicted molar refractivity (Wildman–Crippen MR) is 65.7 cm³/mol. The van der Waals surface area contributed by atoms with Gasteiger partial charge in [0.2, 0.25) is 8.32 Å². The second-order valence-electron chi connectivity index (χ2n) is 5.98. The van der Waals surface area contributed by atoms with E-state index in [1.54, 1.807) is 13.5 Å². The minimum Gasteiger partial charge on any atom is -0.429 e. The smallest absolute Gasteiger partial charge is 0.389 e. The Kier molecular flexibility index (Phi) is 3.64. The van der Waals surface area contributed by atoms with Gasteiger partial charge >= 0.3 is 6.18 Å². The molecule has 1 aliphatic rings. The van der Waals surface area contributed by atoms with Crippen molar-refractivity contribution in [1.29, 1.82) is 0 Å².